The van der Waals surface area contributed by atoms with Crippen molar-refractivity contribution in [2.75, 3.05) is 18.1 Å². The Kier molecular flexibility index (Phi) is 2.84. The van der Waals surface area contributed by atoms with Crippen molar-refractivity contribution in [2.24, 2.45) is 0 Å². The first-order valence-electron chi connectivity index (χ1n) is 4.66. The second-order valence-corrected chi connectivity index (χ2v) is 3.73. The Morgan fingerprint density at radius 2 is 2.29 bits per heavy atom. The van der Waals surface area contributed by atoms with Crippen LogP contribution in [0.25, 0.3) is 0 Å². The zero-order valence-electron chi connectivity index (χ0n) is 7.73. The zero-order valence-corrected chi connectivity index (χ0v) is 8.48. The summed E-state index contributed by atoms with van der Waals surface area (Å²) in [5.41, 5.74) is 0. The van der Waals surface area contributed by atoms with E-state index in [1.165, 1.54) is 19.2 Å². The van der Waals surface area contributed by atoms with E-state index in [2.05, 4.69) is 14.9 Å². The third-order valence-corrected chi connectivity index (χ3v) is 2.45. The lowest BCUT2D eigenvalue weighted by atomic mass is 10.4. The highest BCUT2D eigenvalue weighted by atomic mass is 35.5. The third kappa shape index (κ3) is 2.13. The minimum Gasteiger partial charge on any atom is -0.395 e. The van der Waals surface area contributed by atoms with Crippen molar-refractivity contribution in [3.05, 3.63) is 17.5 Å². The Bertz CT molecular complexity index is 317. The number of aliphatic hydroxyl groups excluding tert-OH is 1. The predicted octanol–water partition coefficient (Wildman–Crippen LogP) is 1.09. The Labute approximate surface area is 87.5 Å². The molecule has 0 atom stereocenters. The van der Waals surface area contributed by atoms with Crippen LogP contribution >= 0.6 is 11.6 Å². The zero-order chi connectivity index (χ0) is 9.97. The summed E-state index contributed by atoms with van der Waals surface area (Å²) in [6.07, 6.45) is 3.79. The Morgan fingerprint density at radius 1 is 1.50 bits per heavy atom. The summed E-state index contributed by atoms with van der Waals surface area (Å²) in [7, 11) is 0. The minimum atomic E-state index is 0.137. The highest BCUT2D eigenvalue weighted by Gasteiger charge is 2.29. The fraction of sp³-hybridized carbons (Fsp3) is 0.556. The Morgan fingerprint density at radius 3 is 2.86 bits per heavy atom. The van der Waals surface area contributed by atoms with Crippen molar-refractivity contribution >= 4 is 17.4 Å². The van der Waals surface area contributed by atoms with Crippen LogP contribution in [0.15, 0.2) is 12.4 Å². The maximum Gasteiger partial charge on any atom is 0.134 e. The van der Waals surface area contributed by atoms with E-state index in [1.54, 1.807) is 6.07 Å². The van der Waals surface area contributed by atoms with E-state index in [4.69, 9.17) is 16.7 Å². The fourth-order valence-electron chi connectivity index (χ4n) is 1.46. The molecule has 4 nitrogen and oxygen atoms in total. The van der Waals surface area contributed by atoms with Gasteiger partial charge in [-0.1, -0.05) is 11.6 Å². The molecule has 0 radical (unpaired) electrons. The van der Waals surface area contributed by atoms with Crippen LogP contribution in [-0.2, 0) is 0 Å². The Hall–Kier alpha value is -0.870. The molecule has 14 heavy (non-hydrogen) atoms. The van der Waals surface area contributed by atoms with Crippen LogP contribution < -0.4 is 4.90 Å². The number of hydrogen-bond donors (Lipinski definition) is 1. The molecule has 76 valence electrons. The quantitative estimate of drug-likeness (QED) is 0.761. The molecule has 0 spiro atoms. The summed E-state index contributed by atoms with van der Waals surface area (Å²) < 4.78 is 0. The fourth-order valence-corrected chi connectivity index (χ4v) is 1.60. The summed E-state index contributed by atoms with van der Waals surface area (Å²) in [5, 5.41) is 9.37. The lowest BCUT2D eigenvalue weighted by Gasteiger charge is -2.21. The summed E-state index contributed by atoms with van der Waals surface area (Å²) >= 11 is 5.77. The standard InChI is InChI=1S/C9H12ClN3O/c10-8-5-9(12-6-11-8)13(3-4-14)7-1-2-7/h5-7,14H,1-4H2. The van der Waals surface area contributed by atoms with Crippen molar-refractivity contribution < 1.29 is 5.11 Å². The van der Waals surface area contributed by atoms with E-state index in [1.807, 2.05) is 0 Å². The van der Waals surface area contributed by atoms with Crippen molar-refractivity contribution in [1.29, 1.82) is 0 Å². The van der Waals surface area contributed by atoms with Crippen LogP contribution in [0.3, 0.4) is 0 Å². The second-order valence-electron chi connectivity index (χ2n) is 3.35. The van der Waals surface area contributed by atoms with E-state index < -0.39 is 0 Å². The molecule has 0 amide bonds. The smallest absolute Gasteiger partial charge is 0.134 e. The second kappa shape index (κ2) is 4.11. The molecule has 1 aromatic rings. The molecule has 1 aliphatic carbocycles. The first-order chi connectivity index (χ1) is 6.81. The van der Waals surface area contributed by atoms with E-state index in [0.29, 0.717) is 17.7 Å². The number of aromatic nitrogens is 2. The van der Waals surface area contributed by atoms with Gasteiger partial charge in [-0.05, 0) is 12.8 Å². The maximum absolute atomic E-state index is 8.93. The average molecular weight is 214 g/mol. The van der Waals surface area contributed by atoms with Crippen molar-refractivity contribution in [3.8, 4) is 0 Å². The SMILES string of the molecule is OCCN(c1cc(Cl)ncn1)C1CC1. The number of rotatable bonds is 4. The summed E-state index contributed by atoms with van der Waals surface area (Å²) in [4.78, 5) is 10.0. The van der Waals surface area contributed by atoms with E-state index >= 15 is 0 Å². The molecule has 1 aliphatic rings. The number of anilines is 1. The van der Waals surface area contributed by atoms with Gasteiger partial charge in [0, 0.05) is 18.7 Å². The van der Waals surface area contributed by atoms with Gasteiger partial charge in [-0.2, -0.15) is 0 Å². The molecule has 1 saturated carbocycles. The molecule has 0 saturated heterocycles. The normalized spacial score (nSPS) is 15.6. The highest BCUT2D eigenvalue weighted by molar-refractivity contribution is 6.29. The monoisotopic (exact) mass is 213 g/mol. The van der Waals surface area contributed by atoms with E-state index in [-0.39, 0.29) is 6.61 Å². The molecule has 1 fully saturated rings. The van der Waals surface area contributed by atoms with Gasteiger partial charge < -0.3 is 10.0 Å². The van der Waals surface area contributed by atoms with Crippen LogP contribution in [0, 0.1) is 0 Å². The molecule has 1 N–H and O–H groups in total. The average Bonchev–Trinajstić information content (AvgIpc) is 2.97. The van der Waals surface area contributed by atoms with Crippen LogP contribution in [0.4, 0.5) is 5.82 Å². The van der Waals surface area contributed by atoms with Gasteiger partial charge in [-0.15, -0.1) is 0 Å². The predicted molar refractivity (Wildman–Crippen MR) is 54.5 cm³/mol. The van der Waals surface area contributed by atoms with Gasteiger partial charge in [-0.25, -0.2) is 9.97 Å². The largest absolute Gasteiger partial charge is 0.395 e. The number of aliphatic hydroxyl groups is 1. The van der Waals surface area contributed by atoms with Crippen LogP contribution in [0.1, 0.15) is 12.8 Å². The molecular weight excluding hydrogens is 202 g/mol. The van der Waals surface area contributed by atoms with Crippen molar-refractivity contribution in [2.45, 2.75) is 18.9 Å². The van der Waals surface area contributed by atoms with Crippen molar-refractivity contribution in [3.63, 3.8) is 0 Å². The molecule has 0 unspecified atom stereocenters. The number of hydrogen-bond acceptors (Lipinski definition) is 4. The summed E-state index contributed by atoms with van der Waals surface area (Å²) in [6, 6.07) is 2.25. The topological polar surface area (TPSA) is 49.2 Å². The molecule has 1 aromatic heterocycles. The highest BCUT2D eigenvalue weighted by Crippen LogP contribution is 2.30. The lowest BCUT2D eigenvalue weighted by Crippen LogP contribution is -2.29. The van der Waals surface area contributed by atoms with Gasteiger partial charge in [0.15, 0.2) is 0 Å². The molecule has 0 aliphatic heterocycles. The van der Waals surface area contributed by atoms with Gasteiger partial charge >= 0.3 is 0 Å². The van der Waals surface area contributed by atoms with E-state index in [0.717, 1.165) is 5.82 Å². The molecule has 1 heterocycles. The number of halogens is 1. The van der Waals surface area contributed by atoms with E-state index in [9.17, 15) is 0 Å². The summed E-state index contributed by atoms with van der Waals surface area (Å²) in [6.45, 7) is 0.746. The van der Waals surface area contributed by atoms with Gasteiger partial charge in [0.25, 0.3) is 0 Å². The van der Waals surface area contributed by atoms with Crippen molar-refractivity contribution in [1.82, 2.24) is 9.97 Å². The molecule has 5 heteroatoms. The molecular formula is C9H12ClN3O. The molecule has 2 rings (SSSR count). The van der Waals surface area contributed by atoms with Gasteiger partial charge in [0.05, 0.1) is 6.61 Å². The first kappa shape index (κ1) is 9.68. The number of nitrogens with zero attached hydrogens (tertiary/aromatic N) is 3. The summed E-state index contributed by atoms with van der Waals surface area (Å²) in [5.74, 6) is 0.807. The third-order valence-electron chi connectivity index (χ3n) is 2.24. The lowest BCUT2D eigenvalue weighted by molar-refractivity contribution is 0.301. The van der Waals surface area contributed by atoms with Gasteiger partial charge in [-0.3, -0.25) is 0 Å². The molecule has 0 bridgehead atoms. The molecule has 0 aromatic carbocycles. The van der Waals surface area contributed by atoms with Crippen LogP contribution in [0.2, 0.25) is 5.15 Å². The van der Waals surface area contributed by atoms with Crippen LogP contribution in [0.5, 0.6) is 0 Å². The first-order valence-corrected chi connectivity index (χ1v) is 5.04. The minimum absolute atomic E-state index is 0.137. The Balaban J connectivity index is 2.16. The maximum atomic E-state index is 8.93. The van der Waals surface area contributed by atoms with Gasteiger partial charge in [0.1, 0.15) is 17.3 Å². The van der Waals surface area contributed by atoms with Gasteiger partial charge in [0.2, 0.25) is 0 Å². The van der Waals surface area contributed by atoms with Crippen LogP contribution in [-0.4, -0.2) is 34.3 Å².